The zero-order valence-corrected chi connectivity index (χ0v) is 11.3. The third-order valence-corrected chi connectivity index (χ3v) is 2.88. The number of halogens is 1. The standard InChI is InChI=1S/C14H15FN4O2/c15-10-3-4-12(11(16)8-10)18-13(20)2-1-7-19-9-17-6-5-14(19)21/h3-6,8-9H,1-2,7,16H2,(H,18,20). The van der Waals surface area contributed by atoms with E-state index in [-0.39, 0.29) is 23.6 Å². The Morgan fingerprint density at radius 2 is 2.19 bits per heavy atom. The molecule has 1 amide bonds. The van der Waals surface area contributed by atoms with Crippen LogP contribution in [0.2, 0.25) is 0 Å². The first-order valence-electron chi connectivity index (χ1n) is 6.41. The minimum Gasteiger partial charge on any atom is -0.397 e. The Kier molecular flexibility index (Phi) is 4.65. The molecule has 6 nitrogen and oxygen atoms in total. The van der Waals surface area contributed by atoms with Crippen LogP contribution in [0.4, 0.5) is 15.8 Å². The van der Waals surface area contributed by atoms with Crippen molar-refractivity contribution in [3.05, 3.63) is 53.0 Å². The van der Waals surface area contributed by atoms with Crippen molar-refractivity contribution in [2.24, 2.45) is 0 Å². The molecule has 0 aliphatic carbocycles. The maximum atomic E-state index is 12.9. The molecular formula is C14H15FN4O2. The monoisotopic (exact) mass is 290 g/mol. The van der Waals surface area contributed by atoms with Gasteiger partial charge < -0.3 is 11.1 Å². The lowest BCUT2D eigenvalue weighted by atomic mass is 10.2. The Hall–Kier alpha value is -2.70. The Morgan fingerprint density at radius 3 is 2.90 bits per heavy atom. The quantitative estimate of drug-likeness (QED) is 0.814. The third kappa shape index (κ3) is 4.13. The Balaban J connectivity index is 1.85. The molecule has 1 aromatic heterocycles. The van der Waals surface area contributed by atoms with Gasteiger partial charge in [-0.05, 0) is 24.6 Å². The normalized spacial score (nSPS) is 10.3. The van der Waals surface area contributed by atoms with Gasteiger partial charge in [0.25, 0.3) is 5.56 Å². The topological polar surface area (TPSA) is 90.0 Å². The van der Waals surface area contributed by atoms with Gasteiger partial charge in [0.05, 0.1) is 17.7 Å². The van der Waals surface area contributed by atoms with Gasteiger partial charge in [0.2, 0.25) is 5.91 Å². The Bertz CT molecular complexity index is 699. The van der Waals surface area contributed by atoms with E-state index in [9.17, 15) is 14.0 Å². The number of benzene rings is 1. The number of anilines is 2. The van der Waals surface area contributed by atoms with Crippen molar-refractivity contribution in [2.45, 2.75) is 19.4 Å². The fourth-order valence-electron chi connectivity index (χ4n) is 1.82. The second-order valence-electron chi connectivity index (χ2n) is 4.50. The van der Waals surface area contributed by atoms with Crippen LogP contribution in [0.25, 0.3) is 0 Å². The number of nitrogens with zero attached hydrogens (tertiary/aromatic N) is 2. The van der Waals surface area contributed by atoms with E-state index in [1.807, 2.05) is 0 Å². The summed E-state index contributed by atoms with van der Waals surface area (Å²) in [7, 11) is 0. The molecule has 0 unspecified atom stereocenters. The van der Waals surface area contributed by atoms with Crippen LogP contribution >= 0.6 is 0 Å². The fourth-order valence-corrected chi connectivity index (χ4v) is 1.82. The largest absolute Gasteiger partial charge is 0.397 e. The molecule has 2 aromatic rings. The van der Waals surface area contributed by atoms with Gasteiger partial charge in [0.1, 0.15) is 5.82 Å². The van der Waals surface area contributed by atoms with Crippen LogP contribution in [0.3, 0.4) is 0 Å². The second kappa shape index (κ2) is 6.65. The highest BCUT2D eigenvalue weighted by atomic mass is 19.1. The van der Waals surface area contributed by atoms with Crippen molar-refractivity contribution in [2.75, 3.05) is 11.1 Å². The molecule has 0 aliphatic rings. The van der Waals surface area contributed by atoms with Gasteiger partial charge in [0, 0.05) is 25.2 Å². The highest BCUT2D eigenvalue weighted by Gasteiger charge is 2.06. The van der Waals surface area contributed by atoms with E-state index in [1.165, 1.54) is 35.3 Å². The summed E-state index contributed by atoms with van der Waals surface area (Å²) in [5.74, 6) is -0.702. The van der Waals surface area contributed by atoms with Gasteiger partial charge in [-0.3, -0.25) is 14.2 Å². The fraction of sp³-hybridized carbons (Fsp3) is 0.214. The number of nitrogens with two attached hydrogens (primary N) is 1. The molecule has 0 spiro atoms. The molecule has 110 valence electrons. The molecular weight excluding hydrogens is 275 g/mol. The first kappa shape index (κ1) is 14.7. The maximum absolute atomic E-state index is 12.9. The molecule has 3 N–H and O–H groups in total. The number of rotatable bonds is 5. The van der Waals surface area contributed by atoms with E-state index < -0.39 is 5.82 Å². The number of amides is 1. The minimum atomic E-state index is -0.457. The van der Waals surface area contributed by atoms with E-state index >= 15 is 0 Å². The molecule has 0 saturated carbocycles. The van der Waals surface area contributed by atoms with Gasteiger partial charge in [0.15, 0.2) is 0 Å². The van der Waals surface area contributed by atoms with Gasteiger partial charge >= 0.3 is 0 Å². The number of carbonyl (C=O) groups is 1. The van der Waals surface area contributed by atoms with E-state index in [0.717, 1.165) is 6.07 Å². The number of nitrogen functional groups attached to an aromatic ring is 1. The Labute approximate surface area is 120 Å². The summed E-state index contributed by atoms with van der Waals surface area (Å²) in [6.45, 7) is 0.402. The van der Waals surface area contributed by atoms with E-state index in [2.05, 4.69) is 10.3 Å². The molecule has 2 rings (SSSR count). The molecule has 0 bridgehead atoms. The lowest BCUT2D eigenvalue weighted by Crippen LogP contribution is -2.20. The molecule has 0 radical (unpaired) electrons. The second-order valence-corrected chi connectivity index (χ2v) is 4.50. The van der Waals surface area contributed by atoms with Crippen LogP contribution < -0.4 is 16.6 Å². The van der Waals surface area contributed by atoms with Crippen molar-refractivity contribution < 1.29 is 9.18 Å². The smallest absolute Gasteiger partial charge is 0.253 e. The van der Waals surface area contributed by atoms with Crippen molar-refractivity contribution in [3.8, 4) is 0 Å². The van der Waals surface area contributed by atoms with Gasteiger partial charge in [-0.15, -0.1) is 0 Å². The molecule has 0 saturated heterocycles. The summed E-state index contributed by atoms with van der Waals surface area (Å²) in [5.41, 5.74) is 5.99. The van der Waals surface area contributed by atoms with E-state index in [0.29, 0.717) is 18.7 Å². The van der Waals surface area contributed by atoms with Gasteiger partial charge in [-0.1, -0.05) is 0 Å². The molecule has 0 fully saturated rings. The van der Waals surface area contributed by atoms with Crippen LogP contribution in [-0.2, 0) is 11.3 Å². The zero-order chi connectivity index (χ0) is 15.2. The number of nitrogens with one attached hydrogen (secondary N) is 1. The average Bonchev–Trinajstić information content (AvgIpc) is 2.44. The van der Waals surface area contributed by atoms with Crippen LogP contribution in [-0.4, -0.2) is 15.5 Å². The van der Waals surface area contributed by atoms with Gasteiger partial charge in [-0.2, -0.15) is 0 Å². The number of carbonyl (C=O) groups excluding carboxylic acids is 1. The van der Waals surface area contributed by atoms with E-state index in [1.54, 1.807) is 0 Å². The third-order valence-electron chi connectivity index (χ3n) is 2.88. The van der Waals surface area contributed by atoms with E-state index in [4.69, 9.17) is 5.73 Å². The van der Waals surface area contributed by atoms with Crippen molar-refractivity contribution >= 4 is 17.3 Å². The molecule has 0 atom stereocenters. The maximum Gasteiger partial charge on any atom is 0.253 e. The van der Waals surface area contributed by atoms with Crippen LogP contribution in [0.1, 0.15) is 12.8 Å². The summed E-state index contributed by atoms with van der Waals surface area (Å²) in [4.78, 5) is 27.0. The van der Waals surface area contributed by atoms with Crippen LogP contribution in [0, 0.1) is 5.82 Å². The summed E-state index contributed by atoms with van der Waals surface area (Å²) >= 11 is 0. The summed E-state index contributed by atoms with van der Waals surface area (Å²) in [6.07, 6.45) is 3.55. The number of aromatic nitrogens is 2. The molecule has 1 aromatic carbocycles. The van der Waals surface area contributed by atoms with Crippen LogP contribution in [0.15, 0.2) is 41.6 Å². The predicted molar refractivity (Wildman–Crippen MR) is 77.2 cm³/mol. The van der Waals surface area contributed by atoms with Crippen molar-refractivity contribution in [1.82, 2.24) is 9.55 Å². The number of hydrogen-bond donors (Lipinski definition) is 2. The molecule has 1 heterocycles. The first-order chi connectivity index (χ1) is 10.1. The predicted octanol–water partition coefficient (Wildman–Crippen LogP) is 1.38. The van der Waals surface area contributed by atoms with Crippen molar-refractivity contribution in [1.29, 1.82) is 0 Å². The zero-order valence-electron chi connectivity index (χ0n) is 11.3. The summed E-state index contributed by atoms with van der Waals surface area (Å²) in [5, 5.41) is 2.60. The number of aryl methyl sites for hydroxylation is 1. The minimum absolute atomic E-state index is 0.159. The highest BCUT2D eigenvalue weighted by Crippen LogP contribution is 2.19. The average molecular weight is 290 g/mol. The lowest BCUT2D eigenvalue weighted by molar-refractivity contribution is -0.116. The first-order valence-corrected chi connectivity index (χ1v) is 6.41. The SMILES string of the molecule is Nc1cc(F)ccc1NC(=O)CCCn1cnccc1=O. The summed E-state index contributed by atoms with van der Waals surface area (Å²) < 4.78 is 14.3. The Morgan fingerprint density at radius 1 is 1.38 bits per heavy atom. The number of hydrogen-bond acceptors (Lipinski definition) is 4. The lowest BCUT2D eigenvalue weighted by Gasteiger charge is -2.08. The molecule has 0 aliphatic heterocycles. The molecule has 21 heavy (non-hydrogen) atoms. The summed E-state index contributed by atoms with van der Waals surface area (Å²) in [6, 6.07) is 5.14. The van der Waals surface area contributed by atoms with Crippen LogP contribution in [0.5, 0.6) is 0 Å². The van der Waals surface area contributed by atoms with Crippen molar-refractivity contribution in [3.63, 3.8) is 0 Å². The van der Waals surface area contributed by atoms with Gasteiger partial charge in [-0.25, -0.2) is 9.37 Å². The highest BCUT2D eigenvalue weighted by molar-refractivity contribution is 5.93. The molecule has 7 heteroatoms.